The van der Waals surface area contributed by atoms with Gasteiger partial charge in [-0.1, -0.05) is 12.2 Å². The summed E-state index contributed by atoms with van der Waals surface area (Å²) in [6.45, 7) is -0.151. The summed E-state index contributed by atoms with van der Waals surface area (Å²) in [6.07, 6.45) is 4.04. The van der Waals surface area contributed by atoms with E-state index in [9.17, 15) is 15.3 Å². The number of hydrogen-bond acceptors (Lipinski definition) is 9. The number of ether oxygens (including phenoxy) is 1. The highest BCUT2D eigenvalue weighted by molar-refractivity contribution is 6.47. The van der Waals surface area contributed by atoms with E-state index in [1.54, 1.807) is 4.90 Å². The number of nitrogens with zero attached hydrogens (tertiary/aromatic N) is 4. The number of aliphatic hydroxyl groups is 3. The molecule has 0 aromatic rings. The first-order valence-corrected chi connectivity index (χ1v) is 9.06. The summed E-state index contributed by atoms with van der Waals surface area (Å²) < 4.78 is 5.64. The molecule has 8 atom stereocenters. The first kappa shape index (κ1) is 16.5. The van der Waals surface area contributed by atoms with Crippen LogP contribution in [0.25, 0.3) is 0 Å². The zero-order valence-electron chi connectivity index (χ0n) is 14.2. The second kappa shape index (κ2) is 5.67. The average Bonchev–Trinajstić information content (AvgIpc) is 3.40. The van der Waals surface area contributed by atoms with Gasteiger partial charge in [0.25, 0.3) is 0 Å². The Hall–Kier alpha value is -1.65. The van der Waals surface area contributed by atoms with Gasteiger partial charge >= 0.3 is 0 Å². The van der Waals surface area contributed by atoms with Crippen molar-refractivity contribution >= 4 is 17.9 Å². The molecule has 0 aromatic carbocycles. The molecular weight excluding hydrogens is 338 g/mol. The van der Waals surface area contributed by atoms with E-state index in [0.29, 0.717) is 23.4 Å². The predicted molar refractivity (Wildman–Crippen MR) is 93.6 cm³/mol. The van der Waals surface area contributed by atoms with Gasteiger partial charge in [-0.2, -0.15) is 0 Å². The lowest BCUT2D eigenvalue weighted by molar-refractivity contribution is -0.0688. The van der Waals surface area contributed by atoms with Crippen LogP contribution in [0.4, 0.5) is 0 Å². The molecule has 3 heterocycles. The van der Waals surface area contributed by atoms with E-state index in [1.165, 1.54) is 6.34 Å². The second-order valence-corrected chi connectivity index (χ2v) is 7.76. The summed E-state index contributed by atoms with van der Waals surface area (Å²) in [5, 5.41) is 29.7. The van der Waals surface area contributed by atoms with Gasteiger partial charge in [0.1, 0.15) is 37.0 Å². The lowest BCUT2D eigenvalue weighted by Gasteiger charge is -2.38. The normalized spacial score (nSPS) is 48.9. The van der Waals surface area contributed by atoms with Crippen molar-refractivity contribution in [3.8, 4) is 0 Å². The minimum atomic E-state index is -1.17. The Balaban J connectivity index is 1.42. The number of allylic oxidation sites excluding steroid dienone is 2. The van der Waals surface area contributed by atoms with Crippen LogP contribution in [0.1, 0.15) is 12.8 Å². The summed E-state index contributed by atoms with van der Waals surface area (Å²) in [4.78, 5) is 15.1. The summed E-state index contributed by atoms with van der Waals surface area (Å²) in [5.74, 6) is 1.65. The topological polar surface area (TPSA) is 136 Å². The zero-order valence-corrected chi connectivity index (χ0v) is 14.2. The molecule has 4 unspecified atom stereocenters. The SMILES string of the molecule is NC1(C2CC3C=CC2C3)N=CN=C2C1=NCN2[C@@H]1O[C@H](CO)[C@@H](O)[C@H]1O. The molecule has 0 spiro atoms. The summed E-state index contributed by atoms with van der Waals surface area (Å²) >= 11 is 0. The van der Waals surface area contributed by atoms with Gasteiger partial charge in [0.05, 0.1) is 6.61 Å². The van der Waals surface area contributed by atoms with Gasteiger partial charge in [0.15, 0.2) is 17.7 Å². The molecule has 2 aliphatic carbocycles. The maximum absolute atomic E-state index is 10.3. The molecule has 5 N–H and O–H groups in total. The van der Waals surface area contributed by atoms with Crippen LogP contribution in [-0.2, 0) is 4.74 Å². The first-order chi connectivity index (χ1) is 12.5. The molecule has 9 nitrogen and oxygen atoms in total. The number of amidine groups is 1. The third-order valence-electron chi connectivity index (χ3n) is 6.36. The molecule has 2 bridgehead atoms. The number of rotatable bonds is 3. The van der Waals surface area contributed by atoms with Gasteiger partial charge in [-0.05, 0) is 24.7 Å². The largest absolute Gasteiger partial charge is 0.394 e. The third kappa shape index (κ3) is 2.12. The molecule has 3 aliphatic heterocycles. The fourth-order valence-corrected chi connectivity index (χ4v) is 5.00. The lowest BCUT2D eigenvalue weighted by atomic mass is 9.79. The van der Waals surface area contributed by atoms with Gasteiger partial charge in [-0.3, -0.25) is 4.99 Å². The molecular formula is C17H23N5O4. The molecule has 9 heteroatoms. The summed E-state index contributed by atoms with van der Waals surface area (Å²) in [6, 6.07) is 0. The van der Waals surface area contributed by atoms with Crippen LogP contribution >= 0.6 is 0 Å². The maximum Gasteiger partial charge on any atom is 0.162 e. The number of nitrogens with two attached hydrogens (primary N) is 1. The van der Waals surface area contributed by atoms with Crippen LogP contribution < -0.4 is 5.73 Å². The third-order valence-corrected chi connectivity index (χ3v) is 6.36. The number of aliphatic hydroxyl groups excluding tert-OH is 3. The van der Waals surface area contributed by atoms with E-state index >= 15 is 0 Å². The van der Waals surface area contributed by atoms with Crippen LogP contribution in [0.5, 0.6) is 0 Å². The Morgan fingerprint density at radius 3 is 2.77 bits per heavy atom. The zero-order chi connectivity index (χ0) is 18.1. The summed E-state index contributed by atoms with van der Waals surface area (Å²) in [5.41, 5.74) is 6.43. The highest BCUT2D eigenvalue weighted by Crippen LogP contribution is 2.49. The fraction of sp³-hybridized carbons (Fsp3) is 0.706. The lowest BCUT2D eigenvalue weighted by Crippen LogP contribution is -2.59. The molecule has 5 rings (SSSR count). The van der Waals surface area contributed by atoms with Crippen LogP contribution in [0, 0.1) is 17.8 Å². The van der Waals surface area contributed by atoms with Gasteiger partial charge in [0.2, 0.25) is 0 Å². The smallest absolute Gasteiger partial charge is 0.162 e. The van der Waals surface area contributed by atoms with E-state index < -0.39 is 30.2 Å². The molecule has 1 saturated carbocycles. The van der Waals surface area contributed by atoms with Crippen molar-refractivity contribution in [1.29, 1.82) is 0 Å². The van der Waals surface area contributed by atoms with E-state index in [4.69, 9.17) is 10.5 Å². The molecule has 140 valence electrons. The highest BCUT2D eigenvalue weighted by Gasteiger charge is 2.55. The average molecular weight is 361 g/mol. The van der Waals surface area contributed by atoms with Gasteiger partial charge in [0, 0.05) is 5.92 Å². The predicted octanol–water partition coefficient (Wildman–Crippen LogP) is -1.55. The van der Waals surface area contributed by atoms with Crippen LogP contribution in [0.3, 0.4) is 0 Å². The molecule has 26 heavy (non-hydrogen) atoms. The molecule has 5 aliphatic rings. The van der Waals surface area contributed by atoms with Gasteiger partial charge in [-0.15, -0.1) is 0 Å². The molecule has 2 fully saturated rings. The van der Waals surface area contributed by atoms with Crippen molar-refractivity contribution in [1.82, 2.24) is 4.90 Å². The van der Waals surface area contributed by atoms with E-state index in [-0.39, 0.29) is 19.2 Å². The van der Waals surface area contributed by atoms with Crippen molar-refractivity contribution in [2.75, 3.05) is 13.3 Å². The van der Waals surface area contributed by atoms with Crippen molar-refractivity contribution in [2.24, 2.45) is 38.5 Å². The van der Waals surface area contributed by atoms with E-state index in [2.05, 4.69) is 27.1 Å². The Morgan fingerprint density at radius 2 is 2.12 bits per heavy atom. The molecule has 1 saturated heterocycles. The van der Waals surface area contributed by atoms with Crippen LogP contribution in [-0.4, -0.2) is 81.6 Å². The Labute approximate surface area is 150 Å². The summed E-state index contributed by atoms with van der Waals surface area (Å²) in [7, 11) is 0. The number of fused-ring (bicyclic) bond motifs is 3. The minimum Gasteiger partial charge on any atom is -0.394 e. The van der Waals surface area contributed by atoms with Crippen molar-refractivity contribution < 1.29 is 20.1 Å². The van der Waals surface area contributed by atoms with Crippen LogP contribution in [0.15, 0.2) is 27.1 Å². The van der Waals surface area contributed by atoms with Gasteiger partial charge < -0.3 is 30.7 Å². The quantitative estimate of drug-likeness (QED) is 0.449. The Morgan fingerprint density at radius 1 is 1.27 bits per heavy atom. The van der Waals surface area contributed by atoms with Gasteiger partial charge in [-0.25, -0.2) is 9.98 Å². The van der Waals surface area contributed by atoms with E-state index in [0.717, 1.165) is 12.8 Å². The number of hydrogen-bond donors (Lipinski definition) is 4. The Bertz CT molecular complexity index is 737. The Kier molecular flexibility index (Phi) is 3.60. The van der Waals surface area contributed by atoms with Crippen molar-refractivity contribution in [3.63, 3.8) is 0 Å². The molecule has 0 aromatic heterocycles. The maximum atomic E-state index is 10.3. The van der Waals surface area contributed by atoms with Crippen molar-refractivity contribution in [3.05, 3.63) is 12.2 Å². The standard InChI is InChI=1S/C17H23N5O4/c18-17(10-4-8-1-2-9(10)3-8)14-15(19-6-21-17)22(7-20-14)16-13(25)12(24)11(5-23)26-16/h1-2,6,8-13,16,23-25H,3-5,7,18H2/t8?,9?,10?,11-,12-,13-,16-,17?/m1/s1. The second-order valence-electron chi connectivity index (χ2n) is 7.76. The van der Waals surface area contributed by atoms with E-state index in [1.807, 2.05) is 0 Å². The number of aliphatic imine (C=N–C) groups is 3. The minimum absolute atomic E-state index is 0.170. The molecule has 0 radical (unpaired) electrons. The fourth-order valence-electron chi connectivity index (χ4n) is 5.00. The monoisotopic (exact) mass is 361 g/mol. The van der Waals surface area contributed by atoms with Crippen LogP contribution in [0.2, 0.25) is 0 Å². The van der Waals surface area contributed by atoms with Crippen molar-refractivity contribution in [2.45, 2.75) is 43.0 Å². The highest BCUT2D eigenvalue weighted by atomic mass is 16.6. The molecule has 0 amide bonds. The first-order valence-electron chi connectivity index (χ1n) is 9.06.